The average Bonchev–Trinajstić information content (AvgIpc) is 3.67. The highest BCUT2D eigenvalue weighted by atomic mass is 32.2. The number of nitrogens with zero attached hydrogens (tertiary/aromatic N) is 2. The molecule has 2 aromatic heterocycles. The van der Waals surface area contributed by atoms with Crippen molar-refractivity contribution >= 4 is 44.6 Å². The Morgan fingerprint density at radius 1 is 0.404 bits per heavy atom. The molecule has 10 rings (SSSR count). The van der Waals surface area contributed by atoms with Crippen molar-refractivity contribution in [1.82, 2.24) is 9.13 Å². The van der Waals surface area contributed by atoms with Crippen molar-refractivity contribution in [3.05, 3.63) is 170 Å². The molecule has 0 unspecified atom stereocenters. The fourth-order valence-electron chi connectivity index (χ4n) is 7.47. The van der Waals surface area contributed by atoms with Crippen molar-refractivity contribution < 1.29 is 0 Å². The summed E-state index contributed by atoms with van der Waals surface area (Å²) in [6.45, 7) is 0. The summed E-state index contributed by atoms with van der Waals surface area (Å²) >= 11 is 1.87. The van der Waals surface area contributed by atoms with Gasteiger partial charge in [0.2, 0.25) is 0 Å². The van der Waals surface area contributed by atoms with E-state index in [2.05, 4.69) is 179 Å². The first-order valence-electron chi connectivity index (χ1n) is 16.0. The van der Waals surface area contributed by atoms with Gasteiger partial charge < -0.3 is 0 Å². The maximum Gasteiger partial charge on any atom is 0.131 e. The second-order valence-electron chi connectivity index (χ2n) is 12.2. The van der Waals surface area contributed by atoms with Crippen LogP contribution in [0.3, 0.4) is 0 Å². The van der Waals surface area contributed by atoms with Gasteiger partial charge >= 0.3 is 0 Å². The lowest BCUT2D eigenvalue weighted by atomic mass is 9.97. The minimum absolute atomic E-state index is 1.15. The third kappa shape index (κ3) is 4.00. The lowest BCUT2D eigenvalue weighted by molar-refractivity contribution is 1.03. The molecule has 0 bridgehead atoms. The van der Waals surface area contributed by atoms with Crippen LogP contribution in [-0.2, 0) is 0 Å². The Bertz CT molecular complexity index is 2570. The molecule has 7 aromatic carbocycles. The number of rotatable bonds is 4. The van der Waals surface area contributed by atoms with Gasteiger partial charge in [0.25, 0.3) is 0 Å². The normalized spacial score (nSPS) is 12.2. The van der Waals surface area contributed by atoms with Crippen molar-refractivity contribution in [2.75, 3.05) is 0 Å². The van der Waals surface area contributed by atoms with E-state index < -0.39 is 0 Å². The Morgan fingerprint density at radius 3 is 1.70 bits per heavy atom. The monoisotopic (exact) mass is 616 g/mol. The van der Waals surface area contributed by atoms with Crippen molar-refractivity contribution in [2.24, 2.45) is 0 Å². The molecule has 1 aliphatic rings. The van der Waals surface area contributed by atoms with Gasteiger partial charge in [0.15, 0.2) is 0 Å². The smallest absolute Gasteiger partial charge is 0.131 e. The van der Waals surface area contributed by atoms with E-state index in [1.54, 1.807) is 0 Å². The van der Waals surface area contributed by atoms with E-state index in [1.807, 2.05) is 11.8 Å². The Morgan fingerprint density at radius 2 is 1.00 bits per heavy atom. The third-order valence-corrected chi connectivity index (χ3v) is 10.6. The zero-order valence-electron chi connectivity index (χ0n) is 25.5. The Labute approximate surface area is 277 Å². The van der Waals surface area contributed by atoms with Gasteiger partial charge in [-0.05, 0) is 75.8 Å². The molecule has 0 aliphatic carbocycles. The highest BCUT2D eigenvalue weighted by Gasteiger charge is 2.29. The molecule has 0 spiro atoms. The summed E-state index contributed by atoms with van der Waals surface area (Å²) in [5.41, 5.74) is 13.3. The molecule has 1 aliphatic heterocycles. The first-order valence-corrected chi connectivity index (χ1v) is 16.8. The third-order valence-electron chi connectivity index (χ3n) is 9.47. The first-order chi connectivity index (χ1) is 23.3. The van der Waals surface area contributed by atoms with Crippen LogP contribution < -0.4 is 0 Å². The molecule has 9 aromatic rings. The Hall–Kier alpha value is -5.77. The van der Waals surface area contributed by atoms with Crippen LogP contribution in [0.15, 0.2) is 180 Å². The lowest BCUT2D eigenvalue weighted by Crippen LogP contribution is -2.06. The van der Waals surface area contributed by atoms with Gasteiger partial charge in [0.05, 0.1) is 16.7 Å². The van der Waals surface area contributed by atoms with Crippen LogP contribution in [0.5, 0.6) is 0 Å². The number of benzene rings is 7. The van der Waals surface area contributed by atoms with Crippen LogP contribution in [0.4, 0.5) is 0 Å². The molecule has 0 atom stereocenters. The van der Waals surface area contributed by atoms with Gasteiger partial charge in [0, 0.05) is 31.6 Å². The minimum atomic E-state index is 1.15. The van der Waals surface area contributed by atoms with Gasteiger partial charge in [-0.3, -0.25) is 9.13 Å². The van der Waals surface area contributed by atoms with E-state index >= 15 is 0 Å². The molecule has 0 fully saturated rings. The fourth-order valence-corrected chi connectivity index (χ4v) is 8.56. The maximum atomic E-state index is 2.53. The van der Waals surface area contributed by atoms with Gasteiger partial charge in [-0.2, -0.15) is 0 Å². The van der Waals surface area contributed by atoms with Crippen LogP contribution in [0.1, 0.15) is 0 Å². The second kappa shape index (κ2) is 10.4. The van der Waals surface area contributed by atoms with E-state index in [4.69, 9.17) is 0 Å². The summed E-state index contributed by atoms with van der Waals surface area (Å²) in [5.74, 6) is 0. The van der Waals surface area contributed by atoms with E-state index in [1.165, 1.54) is 81.7 Å². The summed E-state index contributed by atoms with van der Waals surface area (Å²) in [7, 11) is 0. The number of hydrogen-bond acceptors (Lipinski definition) is 1. The molecule has 0 saturated heterocycles. The summed E-state index contributed by atoms with van der Waals surface area (Å²) in [4.78, 5) is 2.56. The quantitative estimate of drug-likeness (QED) is 0.191. The molecule has 0 radical (unpaired) electrons. The first kappa shape index (κ1) is 26.4. The molecule has 0 amide bonds. The summed E-state index contributed by atoms with van der Waals surface area (Å²) in [6, 6.07) is 61.8. The molecule has 47 heavy (non-hydrogen) atoms. The van der Waals surface area contributed by atoms with Gasteiger partial charge in [-0.1, -0.05) is 139 Å². The average molecular weight is 617 g/mol. The molecule has 0 N–H and O–H groups in total. The van der Waals surface area contributed by atoms with Gasteiger partial charge in [0.1, 0.15) is 5.65 Å². The minimum Gasteiger partial charge on any atom is -0.295 e. The SMILES string of the molecule is c1ccc(-c2cc(-c3ccccc3)cc(-n3c4cccc(-c5ccccc5)c4c4c5cccc6c5n(c43)-c3ccccc3S6)c2)cc1. The fraction of sp³-hybridized carbons (Fsp3) is 0. The molecule has 2 nitrogen and oxygen atoms in total. The van der Waals surface area contributed by atoms with Crippen molar-refractivity contribution in [3.63, 3.8) is 0 Å². The molecule has 220 valence electrons. The second-order valence-corrected chi connectivity index (χ2v) is 13.2. The van der Waals surface area contributed by atoms with Crippen LogP contribution >= 0.6 is 11.8 Å². The summed E-state index contributed by atoms with van der Waals surface area (Å²) in [5, 5.41) is 3.86. The Balaban J connectivity index is 1.42. The lowest BCUT2D eigenvalue weighted by Gasteiger charge is -2.21. The molecule has 3 heterocycles. The highest BCUT2D eigenvalue weighted by Crippen LogP contribution is 2.51. The predicted molar refractivity (Wildman–Crippen MR) is 198 cm³/mol. The van der Waals surface area contributed by atoms with E-state index in [9.17, 15) is 0 Å². The standard InChI is InChI=1S/C44H28N2S/c1-4-14-29(15-5-1)32-26-33(30-16-6-2-7-17-30)28-34(27-32)45-38-23-12-20-35(31-18-8-3-9-19-31)41(38)42-36-21-13-25-40-43(36)46(44(42)45)37-22-10-11-24-39(37)47-40/h1-28H. The summed E-state index contributed by atoms with van der Waals surface area (Å²) < 4.78 is 5.05. The van der Waals surface area contributed by atoms with Crippen LogP contribution in [0.25, 0.3) is 77.6 Å². The van der Waals surface area contributed by atoms with Crippen molar-refractivity contribution in [3.8, 4) is 44.8 Å². The van der Waals surface area contributed by atoms with E-state index in [0.717, 1.165) is 5.69 Å². The molecule has 3 heteroatoms. The number of para-hydroxylation sites is 2. The zero-order valence-corrected chi connectivity index (χ0v) is 26.3. The van der Waals surface area contributed by atoms with Crippen molar-refractivity contribution in [1.29, 1.82) is 0 Å². The highest BCUT2D eigenvalue weighted by molar-refractivity contribution is 7.99. The number of hydrogen-bond donors (Lipinski definition) is 0. The van der Waals surface area contributed by atoms with Crippen LogP contribution in [-0.4, -0.2) is 9.13 Å². The van der Waals surface area contributed by atoms with Gasteiger partial charge in [-0.15, -0.1) is 0 Å². The molecule has 0 saturated carbocycles. The van der Waals surface area contributed by atoms with E-state index in [0.29, 0.717) is 0 Å². The zero-order chi connectivity index (χ0) is 30.9. The van der Waals surface area contributed by atoms with Crippen LogP contribution in [0, 0.1) is 0 Å². The number of aromatic nitrogens is 2. The largest absolute Gasteiger partial charge is 0.295 e. The Kier molecular flexibility index (Phi) is 5.84. The van der Waals surface area contributed by atoms with Crippen molar-refractivity contribution in [2.45, 2.75) is 9.79 Å². The predicted octanol–water partition coefficient (Wildman–Crippen LogP) is 12.2. The molecular weight excluding hydrogens is 589 g/mol. The maximum absolute atomic E-state index is 2.53. The summed E-state index contributed by atoms with van der Waals surface area (Å²) in [6.07, 6.45) is 0. The number of fused-ring (bicyclic) bond motifs is 7. The van der Waals surface area contributed by atoms with E-state index in [-0.39, 0.29) is 0 Å². The molecular formula is C44H28N2S. The van der Waals surface area contributed by atoms with Gasteiger partial charge in [-0.25, -0.2) is 0 Å². The topological polar surface area (TPSA) is 9.86 Å². The van der Waals surface area contributed by atoms with Crippen LogP contribution in [0.2, 0.25) is 0 Å².